The Morgan fingerprint density at radius 3 is 2.65 bits per heavy atom. The lowest BCUT2D eigenvalue weighted by Crippen LogP contribution is -1.98. The summed E-state index contributed by atoms with van der Waals surface area (Å²) in [5.41, 5.74) is 8.44. The Morgan fingerprint density at radius 1 is 1.18 bits per heavy atom. The molecule has 0 radical (unpaired) electrons. The monoisotopic (exact) mass is 250 g/mol. The largest absolute Gasteiger partial charge is 0.397 e. The van der Waals surface area contributed by atoms with E-state index in [1.54, 1.807) is 12.1 Å². The Labute approximate surface area is 104 Å². The summed E-state index contributed by atoms with van der Waals surface area (Å²) < 4.78 is 13.7. The third-order valence-corrected chi connectivity index (χ3v) is 2.72. The van der Waals surface area contributed by atoms with Crippen LogP contribution in [0.3, 0.4) is 0 Å². The minimum absolute atomic E-state index is 0.0840. The van der Waals surface area contributed by atoms with Crippen molar-refractivity contribution in [3.8, 4) is 0 Å². The number of aryl methyl sites for hydroxylation is 1. The molecular formula is C13H12ClFN2. The van der Waals surface area contributed by atoms with E-state index in [1.807, 2.05) is 25.1 Å². The standard InChI is InChI=1S/C13H12ClFN2/c1-8-5-6-11(10(16)7-8)17-12-4-2-3-9(14)13(12)15/h2-7,17H,16H2,1H3. The number of hydrogen-bond acceptors (Lipinski definition) is 2. The molecule has 0 atom stereocenters. The molecule has 3 N–H and O–H groups in total. The van der Waals surface area contributed by atoms with Gasteiger partial charge in [-0.3, -0.25) is 0 Å². The number of nitrogens with one attached hydrogen (secondary N) is 1. The molecule has 88 valence electrons. The Morgan fingerprint density at radius 2 is 1.94 bits per heavy atom. The second kappa shape index (κ2) is 4.63. The van der Waals surface area contributed by atoms with Crippen LogP contribution in [0, 0.1) is 12.7 Å². The van der Waals surface area contributed by atoms with E-state index in [2.05, 4.69) is 5.32 Å². The van der Waals surface area contributed by atoms with Gasteiger partial charge in [0.15, 0.2) is 5.82 Å². The highest BCUT2D eigenvalue weighted by Crippen LogP contribution is 2.28. The molecule has 0 fully saturated rings. The van der Waals surface area contributed by atoms with Crippen molar-refractivity contribution in [1.29, 1.82) is 0 Å². The van der Waals surface area contributed by atoms with Gasteiger partial charge < -0.3 is 11.1 Å². The summed E-state index contributed by atoms with van der Waals surface area (Å²) >= 11 is 5.70. The molecule has 0 amide bonds. The number of benzene rings is 2. The molecule has 2 aromatic carbocycles. The zero-order chi connectivity index (χ0) is 12.4. The maximum Gasteiger partial charge on any atom is 0.165 e. The number of nitrogen functional groups attached to an aromatic ring is 1. The molecule has 2 nitrogen and oxygen atoms in total. The fourth-order valence-electron chi connectivity index (χ4n) is 1.54. The van der Waals surface area contributed by atoms with E-state index in [0.29, 0.717) is 17.1 Å². The molecule has 0 heterocycles. The number of anilines is 3. The van der Waals surface area contributed by atoms with Crippen molar-refractivity contribution >= 4 is 28.7 Å². The Bertz CT molecular complexity index is 555. The van der Waals surface area contributed by atoms with Gasteiger partial charge >= 0.3 is 0 Å². The molecule has 2 rings (SSSR count). The van der Waals surface area contributed by atoms with Crippen LogP contribution < -0.4 is 11.1 Å². The van der Waals surface area contributed by atoms with E-state index in [1.165, 1.54) is 6.07 Å². The maximum atomic E-state index is 13.7. The van der Waals surface area contributed by atoms with Crippen LogP contribution in [0.1, 0.15) is 5.56 Å². The van der Waals surface area contributed by atoms with Gasteiger partial charge in [0.25, 0.3) is 0 Å². The third-order valence-electron chi connectivity index (χ3n) is 2.43. The molecule has 0 aromatic heterocycles. The zero-order valence-corrected chi connectivity index (χ0v) is 10.1. The summed E-state index contributed by atoms with van der Waals surface area (Å²) in [4.78, 5) is 0. The van der Waals surface area contributed by atoms with Crippen molar-refractivity contribution in [2.75, 3.05) is 11.1 Å². The minimum atomic E-state index is -0.478. The minimum Gasteiger partial charge on any atom is -0.397 e. The summed E-state index contributed by atoms with van der Waals surface area (Å²) in [6.07, 6.45) is 0. The predicted octanol–water partition coefficient (Wildman–Crippen LogP) is 4.11. The molecule has 0 spiro atoms. The van der Waals surface area contributed by atoms with E-state index < -0.39 is 5.82 Å². The van der Waals surface area contributed by atoms with Crippen LogP contribution in [-0.4, -0.2) is 0 Å². The van der Waals surface area contributed by atoms with Crippen molar-refractivity contribution in [1.82, 2.24) is 0 Å². The lowest BCUT2D eigenvalue weighted by Gasteiger charge is -2.11. The third kappa shape index (κ3) is 2.50. The quantitative estimate of drug-likeness (QED) is 0.787. The summed E-state index contributed by atoms with van der Waals surface area (Å²) in [6.45, 7) is 1.94. The Balaban J connectivity index is 2.35. The lowest BCUT2D eigenvalue weighted by atomic mass is 10.2. The Kier molecular flexibility index (Phi) is 3.20. The van der Waals surface area contributed by atoms with E-state index in [0.717, 1.165) is 5.56 Å². The van der Waals surface area contributed by atoms with Crippen LogP contribution in [0.15, 0.2) is 36.4 Å². The van der Waals surface area contributed by atoms with Crippen LogP contribution in [0.2, 0.25) is 5.02 Å². The first-order valence-electron chi connectivity index (χ1n) is 5.15. The molecule has 0 aliphatic carbocycles. The highest BCUT2D eigenvalue weighted by atomic mass is 35.5. The maximum absolute atomic E-state index is 13.7. The van der Waals surface area contributed by atoms with Crippen LogP contribution in [-0.2, 0) is 0 Å². The zero-order valence-electron chi connectivity index (χ0n) is 9.30. The van der Waals surface area contributed by atoms with Crippen molar-refractivity contribution in [2.45, 2.75) is 6.92 Å². The molecule has 0 saturated heterocycles. The van der Waals surface area contributed by atoms with E-state index in [9.17, 15) is 4.39 Å². The second-order valence-electron chi connectivity index (χ2n) is 3.82. The van der Waals surface area contributed by atoms with Gasteiger partial charge in [-0.1, -0.05) is 23.7 Å². The number of rotatable bonds is 2. The van der Waals surface area contributed by atoms with Gasteiger partial charge in [-0.2, -0.15) is 0 Å². The van der Waals surface area contributed by atoms with Crippen molar-refractivity contribution in [3.63, 3.8) is 0 Å². The van der Waals surface area contributed by atoms with Crippen LogP contribution in [0.25, 0.3) is 0 Å². The van der Waals surface area contributed by atoms with Gasteiger partial charge in [-0.25, -0.2) is 4.39 Å². The molecule has 0 aliphatic rings. The highest BCUT2D eigenvalue weighted by Gasteiger charge is 2.07. The molecule has 2 aromatic rings. The van der Waals surface area contributed by atoms with Crippen LogP contribution in [0.5, 0.6) is 0 Å². The highest BCUT2D eigenvalue weighted by molar-refractivity contribution is 6.31. The van der Waals surface area contributed by atoms with Crippen LogP contribution >= 0.6 is 11.6 Å². The van der Waals surface area contributed by atoms with E-state index >= 15 is 0 Å². The first-order chi connectivity index (χ1) is 8.08. The molecule has 17 heavy (non-hydrogen) atoms. The molecular weight excluding hydrogens is 239 g/mol. The fourth-order valence-corrected chi connectivity index (χ4v) is 1.72. The van der Waals surface area contributed by atoms with Crippen molar-refractivity contribution < 1.29 is 4.39 Å². The molecule has 0 bridgehead atoms. The summed E-state index contributed by atoms with van der Waals surface area (Å²) in [6, 6.07) is 10.3. The molecule has 0 unspecified atom stereocenters. The van der Waals surface area contributed by atoms with Gasteiger partial charge in [0.05, 0.1) is 22.1 Å². The average Bonchev–Trinajstić information content (AvgIpc) is 2.28. The van der Waals surface area contributed by atoms with Crippen molar-refractivity contribution in [2.24, 2.45) is 0 Å². The summed E-state index contributed by atoms with van der Waals surface area (Å²) in [5, 5.41) is 3.01. The van der Waals surface area contributed by atoms with Crippen LogP contribution in [0.4, 0.5) is 21.5 Å². The van der Waals surface area contributed by atoms with Gasteiger partial charge in [-0.15, -0.1) is 0 Å². The normalized spacial score (nSPS) is 10.3. The lowest BCUT2D eigenvalue weighted by molar-refractivity contribution is 0.632. The predicted molar refractivity (Wildman–Crippen MR) is 70.3 cm³/mol. The first kappa shape index (κ1) is 11.7. The topological polar surface area (TPSA) is 38.0 Å². The smallest absolute Gasteiger partial charge is 0.165 e. The summed E-state index contributed by atoms with van der Waals surface area (Å²) in [5.74, 6) is -0.478. The SMILES string of the molecule is Cc1ccc(Nc2cccc(Cl)c2F)c(N)c1. The van der Waals surface area contributed by atoms with Gasteiger partial charge in [0, 0.05) is 0 Å². The molecule has 0 aliphatic heterocycles. The van der Waals surface area contributed by atoms with Gasteiger partial charge in [0.2, 0.25) is 0 Å². The molecule has 0 saturated carbocycles. The number of halogens is 2. The van der Waals surface area contributed by atoms with Gasteiger partial charge in [-0.05, 0) is 36.8 Å². The Hall–Kier alpha value is -1.74. The average molecular weight is 251 g/mol. The van der Waals surface area contributed by atoms with Gasteiger partial charge in [0.1, 0.15) is 0 Å². The number of nitrogens with two attached hydrogens (primary N) is 1. The first-order valence-corrected chi connectivity index (χ1v) is 5.53. The van der Waals surface area contributed by atoms with E-state index in [-0.39, 0.29) is 5.02 Å². The van der Waals surface area contributed by atoms with E-state index in [4.69, 9.17) is 17.3 Å². The van der Waals surface area contributed by atoms with Crippen molar-refractivity contribution in [3.05, 3.63) is 52.8 Å². The number of hydrogen-bond donors (Lipinski definition) is 2. The fraction of sp³-hybridized carbons (Fsp3) is 0.0769. The summed E-state index contributed by atoms with van der Waals surface area (Å²) in [7, 11) is 0. The second-order valence-corrected chi connectivity index (χ2v) is 4.22. The molecule has 4 heteroatoms.